The normalized spacial score (nSPS) is 10.5. The first-order chi connectivity index (χ1) is 10.1. The minimum Gasteiger partial charge on any atom is -0.322 e. The van der Waals surface area contributed by atoms with Gasteiger partial charge < -0.3 is 10.3 Å². The van der Waals surface area contributed by atoms with Gasteiger partial charge >= 0.3 is 0 Å². The van der Waals surface area contributed by atoms with E-state index in [2.05, 4.69) is 15.3 Å². The number of rotatable bonds is 2. The number of anilines is 1. The number of nitrogens with zero attached hydrogens (tertiary/aromatic N) is 1. The molecule has 0 fully saturated rings. The highest BCUT2D eigenvalue weighted by molar-refractivity contribution is 6.30. The summed E-state index contributed by atoms with van der Waals surface area (Å²) >= 11 is 5.78. The lowest BCUT2D eigenvalue weighted by Crippen LogP contribution is -2.23. The van der Waals surface area contributed by atoms with E-state index in [0.717, 1.165) is 0 Å². The Hall–Kier alpha value is -2.66. The van der Waals surface area contributed by atoms with E-state index in [0.29, 0.717) is 21.7 Å². The number of carbonyl (C=O) groups is 1. The van der Waals surface area contributed by atoms with Crippen LogP contribution < -0.4 is 10.9 Å². The van der Waals surface area contributed by atoms with E-state index in [4.69, 9.17) is 11.6 Å². The predicted octanol–water partition coefficient (Wildman–Crippen LogP) is 2.83. The zero-order valence-electron chi connectivity index (χ0n) is 10.8. The van der Waals surface area contributed by atoms with Gasteiger partial charge in [0.15, 0.2) is 0 Å². The Morgan fingerprint density at radius 3 is 2.71 bits per heavy atom. The van der Waals surface area contributed by atoms with Crippen LogP contribution in [0.2, 0.25) is 5.02 Å². The first kappa shape index (κ1) is 13.3. The zero-order chi connectivity index (χ0) is 14.8. The van der Waals surface area contributed by atoms with Gasteiger partial charge in [0.05, 0.1) is 0 Å². The third-order valence-electron chi connectivity index (χ3n) is 2.96. The molecule has 3 aromatic rings. The van der Waals surface area contributed by atoms with Gasteiger partial charge in [0.2, 0.25) is 0 Å². The maximum Gasteiger partial charge on any atom is 0.262 e. The Kier molecular flexibility index (Phi) is 3.41. The number of hydrogen-bond donors (Lipinski definition) is 2. The SMILES string of the molecule is O=C(Nc1ccc(Cl)cc1)c1cc2cccnc2[nH]c1=O. The van der Waals surface area contributed by atoms with Crippen molar-refractivity contribution in [1.29, 1.82) is 0 Å². The topological polar surface area (TPSA) is 74.8 Å². The third-order valence-corrected chi connectivity index (χ3v) is 3.21. The van der Waals surface area contributed by atoms with Gasteiger partial charge in [-0.3, -0.25) is 9.59 Å². The fraction of sp³-hybridized carbons (Fsp3) is 0. The molecule has 0 aliphatic carbocycles. The molecule has 104 valence electrons. The van der Waals surface area contributed by atoms with Crippen molar-refractivity contribution in [3.8, 4) is 0 Å². The second-order valence-electron chi connectivity index (χ2n) is 4.41. The van der Waals surface area contributed by atoms with Crippen LogP contribution in [0.15, 0.2) is 53.5 Å². The molecule has 0 bridgehead atoms. The number of H-pyrrole nitrogens is 1. The predicted molar refractivity (Wildman–Crippen MR) is 81.8 cm³/mol. The standard InChI is InChI=1S/C15H10ClN3O2/c16-10-3-5-11(6-4-10)18-14(20)12-8-9-2-1-7-17-13(9)19-15(12)21/h1-8H,(H,18,20)(H,17,19,21). The monoisotopic (exact) mass is 299 g/mol. The molecule has 0 atom stereocenters. The molecule has 3 rings (SSSR count). The first-order valence-electron chi connectivity index (χ1n) is 6.18. The quantitative estimate of drug-likeness (QED) is 0.764. The molecule has 2 aromatic heterocycles. The summed E-state index contributed by atoms with van der Waals surface area (Å²) in [5.74, 6) is -0.482. The van der Waals surface area contributed by atoms with Gasteiger partial charge in [0.25, 0.3) is 11.5 Å². The Balaban J connectivity index is 1.95. The molecular weight excluding hydrogens is 290 g/mol. The van der Waals surface area contributed by atoms with Crippen molar-refractivity contribution in [2.75, 3.05) is 5.32 Å². The molecule has 0 aliphatic rings. The fourth-order valence-corrected chi connectivity index (χ4v) is 2.06. The molecule has 0 saturated heterocycles. The number of benzene rings is 1. The molecule has 2 N–H and O–H groups in total. The highest BCUT2D eigenvalue weighted by Gasteiger charge is 2.12. The Morgan fingerprint density at radius 1 is 1.19 bits per heavy atom. The van der Waals surface area contributed by atoms with Gasteiger partial charge in [-0.15, -0.1) is 0 Å². The summed E-state index contributed by atoms with van der Waals surface area (Å²) in [5.41, 5.74) is 0.568. The van der Waals surface area contributed by atoms with E-state index in [1.54, 1.807) is 42.6 Å². The molecule has 0 unspecified atom stereocenters. The average Bonchev–Trinajstić information content (AvgIpc) is 2.49. The van der Waals surface area contributed by atoms with Crippen molar-refractivity contribution < 1.29 is 4.79 Å². The molecule has 0 saturated carbocycles. The number of halogens is 1. The van der Waals surface area contributed by atoms with Crippen LogP contribution in [-0.4, -0.2) is 15.9 Å². The molecule has 6 heteroatoms. The molecule has 0 spiro atoms. The lowest BCUT2D eigenvalue weighted by atomic mass is 10.2. The number of aromatic amines is 1. The minimum atomic E-state index is -0.482. The number of carbonyl (C=O) groups excluding carboxylic acids is 1. The maximum atomic E-state index is 12.2. The smallest absolute Gasteiger partial charge is 0.262 e. The van der Waals surface area contributed by atoms with Crippen LogP contribution in [0.25, 0.3) is 11.0 Å². The van der Waals surface area contributed by atoms with E-state index in [9.17, 15) is 9.59 Å². The second kappa shape index (κ2) is 5.38. The Bertz CT molecular complexity index is 872. The number of nitrogens with one attached hydrogen (secondary N) is 2. The van der Waals surface area contributed by atoms with Gasteiger partial charge in [0, 0.05) is 22.3 Å². The second-order valence-corrected chi connectivity index (χ2v) is 4.85. The molecule has 1 amide bonds. The van der Waals surface area contributed by atoms with Crippen LogP contribution in [-0.2, 0) is 0 Å². The van der Waals surface area contributed by atoms with E-state index in [-0.39, 0.29) is 5.56 Å². The van der Waals surface area contributed by atoms with Gasteiger partial charge in [0.1, 0.15) is 11.2 Å². The largest absolute Gasteiger partial charge is 0.322 e. The molecule has 1 aromatic carbocycles. The summed E-state index contributed by atoms with van der Waals surface area (Å²) in [7, 11) is 0. The van der Waals surface area contributed by atoms with Crippen molar-refractivity contribution in [2.24, 2.45) is 0 Å². The van der Waals surface area contributed by atoms with Crippen molar-refractivity contribution in [3.63, 3.8) is 0 Å². The van der Waals surface area contributed by atoms with E-state index >= 15 is 0 Å². The Labute approximate surface area is 124 Å². The van der Waals surface area contributed by atoms with Gasteiger partial charge in [-0.25, -0.2) is 4.98 Å². The summed E-state index contributed by atoms with van der Waals surface area (Å²) in [4.78, 5) is 30.7. The van der Waals surface area contributed by atoms with Crippen LogP contribution in [0.1, 0.15) is 10.4 Å². The zero-order valence-corrected chi connectivity index (χ0v) is 11.5. The first-order valence-corrected chi connectivity index (χ1v) is 6.56. The molecule has 0 aliphatic heterocycles. The molecule has 21 heavy (non-hydrogen) atoms. The minimum absolute atomic E-state index is 0.0328. The van der Waals surface area contributed by atoms with Gasteiger partial charge in [-0.2, -0.15) is 0 Å². The van der Waals surface area contributed by atoms with Crippen LogP contribution in [0, 0.1) is 0 Å². The highest BCUT2D eigenvalue weighted by Crippen LogP contribution is 2.14. The molecule has 0 radical (unpaired) electrons. The van der Waals surface area contributed by atoms with Gasteiger partial charge in [-0.1, -0.05) is 11.6 Å². The molecule has 5 nitrogen and oxygen atoms in total. The third kappa shape index (κ3) is 2.78. The van der Waals surface area contributed by atoms with Crippen molar-refractivity contribution in [2.45, 2.75) is 0 Å². The average molecular weight is 300 g/mol. The number of fused-ring (bicyclic) bond motifs is 1. The van der Waals surface area contributed by atoms with Crippen molar-refractivity contribution in [1.82, 2.24) is 9.97 Å². The highest BCUT2D eigenvalue weighted by atomic mass is 35.5. The number of aromatic nitrogens is 2. The van der Waals surface area contributed by atoms with E-state index in [1.807, 2.05) is 0 Å². The van der Waals surface area contributed by atoms with Crippen molar-refractivity contribution >= 4 is 34.2 Å². The van der Waals surface area contributed by atoms with Gasteiger partial charge in [-0.05, 0) is 42.5 Å². The van der Waals surface area contributed by atoms with Crippen molar-refractivity contribution in [3.05, 3.63) is 69.6 Å². The summed E-state index contributed by atoms with van der Waals surface area (Å²) < 4.78 is 0. The van der Waals surface area contributed by atoms with Crippen LogP contribution >= 0.6 is 11.6 Å². The Morgan fingerprint density at radius 2 is 1.95 bits per heavy atom. The summed E-state index contributed by atoms with van der Waals surface area (Å²) in [5, 5.41) is 3.92. The summed E-state index contributed by atoms with van der Waals surface area (Å²) in [6, 6.07) is 11.7. The summed E-state index contributed by atoms with van der Waals surface area (Å²) in [6.07, 6.45) is 1.58. The summed E-state index contributed by atoms with van der Waals surface area (Å²) in [6.45, 7) is 0. The number of pyridine rings is 2. The van der Waals surface area contributed by atoms with Crippen LogP contribution in [0.4, 0.5) is 5.69 Å². The lowest BCUT2D eigenvalue weighted by Gasteiger charge is -2.05. The molecule has 2 heterocycles. The van der Waals surface area contributed by atoms with E-state index < -0.39 is 11.5 Å². The number of amides is 1. The van der Waals surface area contributed by atoms with Crippen LogP contribution in [0.5, 0.6) is 0 Å². The molecular formula is C15H10ClN3O2. The van der Waals surface area contributed by atoms with Crippen LogP contribution in [0.3, 0.4) is 0 Å². The maximum absolute atomic E-state index is 12.2. The van der Waals surface area contributed by atoms with E-state index in [1.165, 1.54) is 6.07 Å². The fourth-order valence-electron chi connectivity index (χ4n) is 1.93. The number of hydrogen-bond acceptors (Lipinski definition) is 3. The lowest BCUT2D eigenvalue weighted by molar-refractivity contribution is 0.102.